The first-order chi connectivity index (χ1) is 10.7. The lowest BCUT2D eigenvalue weighted by Gasteiger charge is -2.08. The van der Waals surface area contributed by atoms with Crippen LogP contribution in [0, 0.1) is 0 Å². The third-order valence-electron chi connectivity index (χ3n) is 2.64. The first kappa shape index (κ1) is 16.0. The normalized spacial score (nSPS) is 10.1. The average molecular weight is 320 g/mol. The van der Waals surface area contributed by atoms with Gasteiger partial charge >= 0.3 is 5.97 Å². The van der Waals surface area contributed by atoms with Crippen LogP contribution in [0.1, 0.15) is 34.7 Å². The minimum Gasteiger partial charge on any atom is -0.493 e. The SMILES string of the molecule is CCOC(=O)c1csc(NC(=O)c2ccccc2OCC)n1. The van der Waals surface area contributed by atoms with Crippen molar-refractivity contribution in [3.63, 3.8) is 0 Å². The number of hydrogen-bond acceptors (Lipinski definition) is 6. The summed E-state index contributed by atoms with van der Waals surface area (Å²) in [5.41, 5.74) is 0.595. The number of amides is 1. The van der Waals surface area contributed by atoms with Crippen LogP contribution >= 0.6 is 11.3 Å². The zero-order valence-electron chi connectivity index (χ0n) is 12.3. The van der Waals surface area contributed by atoms with Crippen LogP contribution in [0.4, 0.5) is 5.13 Å². The first-order valence-electron chi connectivity index (χ1n) is 6.81. The van der Waals surface area contributed by atoms with Crippen molar-refractivity contribution in [2.45, 2.75) is 13.8 Å². The molecule has 1 amide bonds. The number of nitrogens with one attached hydrogen (secondary N) is 1. The Hall–Kier alpha value is -2.41. The van der Waals surface area contributed by atoms with E-state index in [2.05, 4.69) is 10.3 Å². The van der Waals surface area contributed by atoms with Crippen molar-refractivity contribution in [2.75, 3.05) is 18.5 Å². The van der Waals surface area contributed by atoms with Crippen LogP contribution in [0.3, 0.4) is 0 Å². The standard InChI is InChI=1S/C15H16N2O4S/c1-3-20-12-8-6-5-7-10(12)13(18)17-15-16-11(9-22-15)14(19)21-4-2/h5-9H,3-4H2,1-2H3,(H,16,17,18). The number of esters is 1. The largest absolute Gasteiger partial charge is 0.493 e. The van der Waals surface area contributed by atoms with E-state index < -0.39 is 5.97 Å². The number of hydrogen-bond donors (Lipinski definition) is 1. The Morgan fingerprint density at radius 1 is 1.23 bits per heavy atom. The highest BCUT2D eigenvalue weighted by atomic mass is 32.1. The number of carbonyl (C=O) groups excluding carboxylic acids is 2. The van der Waals surface area contributed by atoms with Gasteiger partial charge in [0.1, 0.15) is 5.75 Å². The summed E-state index contributed by atoms with van der Waals surface area (Å²) < 4.78 is 10.3. The first-order valence-corrected chi connectivity index (χ1v) is 7.69. The van der Waals surface area contributed by atoms with Crippen molar-refractivity contribution in [3.05, 3.63) is 40.9 Å². The van der Waals surface area contributed by atoms with E-state index in [0.717, 1.165) is 11.3 Å². The third kappa shape index (κ3) is 3.82. The van der Waals surface area contributed by atoms with E-state index in [0.29, 0.717) is 23.1 Å². The molecule has 7 heteroatoms. The quantitative estimate of drug-likeness (QED) is 0.828. The van der Waals surface area contributed by atoms with Gasteiger partial charge in [-0.3, -0.25) is 10.1 Å². The number of thiazole rings is 1. The molecule has 1 aromatic heterocycles. The summed E-state index contributed by atoms with van der Waals surface area (Å²) in [6.07, 6.45) is 0. The summed E-state index contributed by atoms with van der Waals surface area (Å²) in [6, 6.07) is 6.94. The van der Waals surface area contributed by atoms with E-state index in [9.17, 15) is 9.59 Å². The Kier molecular flexibility index (Phi) is 5.48. The van der Waals surface area contributed by atoms with E-state index in [-0.39, 0.29) is 18.2 Å². The van der Waals surface area contributed by atoms with E-state index in [4.69, 9.17) is 9.47 Å². The van der Waals surface area contributed by atoms with Crippen LogP contribution in [0.25, 0.3) is 0 Å². The molecule has 0 spiro atoms. The summed E-state index contributed by atoms with van der Waals surface area (Å²) in [4.78, 5) is 27.9. The lowest BCUT2D eigenvalue weighted by molar-refractivity contribution is 0.0520. The highest BCUT2D eigenvalue weighted by Crippen LogP contribution is 2.21. The van der Waals surface area contributed by atoms with Gasteiger partial charge in [-0.1, -0.05) is 12.1 Å². The monoisotopic (exact) mass is 320 g/mol. The van der Waals surface area contributed by atoms with Crippen molar-refractivity contribution in [2.24, 2.45) is 0 Å². The molecule has 0 atom stereocenters. The minimum atomic E-state index is -0.506. The van der Waals surface area contributed by atoms with Gasteiger partial charge in [-0.05, 0) is 26.0 Å². The fourth-order valence-corrected chi connectivity index (χ4v) is 2.40. The molecule has 1 aromatic carbocycles. The third-order valence-corrected chi connectivity index (χ3v) is 3.40. The maximum atomic E-state index is 12.3. The number of aromatic nitrogens is 1. The number of benzene rings is 1. The predicted octanol–water partition coefficient (Wildman–Crippen LogP) is 2.97. The summed E-state index contributed by atoms with van der Waals surface area (Å²) in [7, 11) is 0. The summed E-state index contributed by atoms with van der Waals surface area (Å²) in [5, 5.41) is 4.53. The van der Waals surface area contributed by atoms with Gasteiger partial charge in [-0.25, -0.2) is 9.78 Å². The van der Waals surface area contributed by atoms with Gasteiger partial charge in [0.25, 0.3) is 5.91 Å². The zero-order valence-corrected chi connectivity index (χ0v) is 13.1. The number of nitrogens with zero attached hydrogens (tertiary/aromatic N) is 1. The summed E-state index contributed by atoms with van der Waals surface area (Å²) in [5.74, 6) is -0.340. The Balaban J connectivity index is 2.11. The molecular weight excluding hydrogens is 304 g/mol. The molecule has 0 aliphatic carbocycles. The molecule has 1 heterocycles. The molecule has 6 nitrogen and oxygen atoms in total. The van der Waals surface area contributed by atoms with Gasteiger partial charge < -0.3 is 9.47 Å². The topological polar surface area (TPSA) is 77.5 Å². The van der Waals surface area contributed by atoms with Crippen molar-refractivity contribution in [1.82, 2.24) is 4.98 Å². The number of ether oxygens (including phenoxy) is 2. The second-order valence-electron chi connectivity index (χ2n) is 4.14. The van der Waals surface area contributed by atoms with E-state index in [1.165, 1.54) is 0 Å². The maximum Gasteiger partial charge on any atom is 0.357 e. The molecule has 0 bridgehead atoms. The van der Waals surface area contributed by atoms with Crippen molar-refractivity contribution in [3.8, 4) is 5.75 Å². The van der Waals surface area contributed by atoms with Crippen LogP contribution in [0.15, 0.2) is 29.6 Å². The van der Waals surface area contributed by atoms with Crippen LogP contribution in [0.5, 0.6) is 5.75 Å². The average Bonchev–Trinajstić information content (AvgIpc) is 2.97. The van der Waals surface area contributed by atoms with Crippen LogP contribution in [0.2, 0.25) is 0 Å². The van der Waals surface area contributed by atoms with Crippen molar-refractivity contribution >= 4 is 28.3 Å². The molecule has 0 aliphatic heterocycles. The lowest BCUT2D eigenvalue weighted by atomic mass is 10.2. The van der Waals surface area contributed by atoms with Gasteiger partial charge in [0.05, 0.1) is 18.8 Å². The van der Waals surface area contributed by atoms with Gasteiger partial charge in [0.2, 0.25) is 0 Å². The molecule has 0 saturated heterocycles. The summed E-state index contributed by atoms with van der Waals surface area (Å²) >= 11 is 1.16. The van der Waals surface area contributed by atoms with Crippen LogP contribution in [-0.2, 0) is 4.74 Å². The second-order valence-corrected chi connectivity index (χ2v) is 5.00. The van der Waals surface area contributed by atoms with E-state index in [1.807, 2.05) is 6.92 Å². The number of anilines is 1. The molecule has 22 heavy (non-hydrogen) atoms. The summed E-state index contributed by atoms with van der Waals surface area (Å²) in [6.45, 7) is 4.31. The molecule has 0 fully saturated rings. The van der Waals surface area contributed by atoms with Gasteiger partial charge in [-0.15, -0.1) is 11.3 Å². The zero-order chi connectivity index (χ0) is 15.9. The fraction of sp³-hybridized carbons (Fsp3) is 0.267. The van der Waals surface area contributed by atoms with Gasteiger partial charge in [0.15, 0.2) is 10.8 Å². The van der Waals surface area contributed by atoms with Gasteiger partial charge in [0, 0.05) is 5.38 Å². The molecule has 2 aromatic rings. The van der Waals surface area contributed by atoms with Crippen molar-refractivity contribution < 1.29 is 19.1 Å². The van der Waals surface area contributed by atoms with E-state index in [1.54, 1.807) is 36.6 Å². The highest BCUT2D eigenvalue weighted by molar-refractivity contribution is 7.14. The fourth-order valence-electron chi connectivity index (χ4n) is 1.73. The second kappa shape index (κ2) is 7.56. The number of carbonyl (C=O) groups is 2. The Morgan fingerprint density at radius 2 is 2.00 bits per heavy atom. The van der Waals surface area contributed by atoms with Gasteiger partial charge in [-0.2, -0.15) is 0 Å². The molecule has 0 unspecified atom stereocenters. The molecule has 0 aliphatic rings. The minimum absolute atomic E-state index is 0.181. The molecule has 0 radical (unpaired) electrons. The van der Waals surface area contributed by atoms with Crippen LogP contribution in [-0.4, -0.2) is 30.1 Å². The predicted molar refractivity (Wildman–Crippen MR) is 83.6 cm³/mol. The smallest absolute Gasteiger partial charge is 0.357 e. The van der Waals surface area contributed by atoms with Crippen LogP contribution < -0.4 is 10.1 Å². The Labute approximate surface area is 132 Å². The molecule has 1 N–H and O–H groups in total. The maximum absolute atomic E-state index is 12.3. The van der Waals surface area contributed by atoms with E-state index >= 15 is 0 Å². The highest BCUT2D eigenvalue weighted by Gasteiger charge is 2.16. The van der Waals surface area contributed by atoms with Crippen molar-refractivity contribution in [1.29, 1.82) is 0 Å². The number of para-hydroxylation sites is 1. The molecular formula is C15H16N2O4S. The molecule has 116 valence electrons. The molecule has 2 rings (SSSR count). The number of rotatable bonds is 6. The lowest BCUT2D eigenvalue weighted by Crippen LogP contribution is -2.14. The Bertz CT molecular complexity index is 669. The molecule has 0 saturated carbocycles. The Morgan fingerprint density at radius 3 is 2.73 bits per heavy atom.